The number of rotatable bonds is 3. The van der Waals surface area contributed by atoms with E-state index in [2.05, 4.69) is 4.74 Å². The van der Waals surface area contributed by atoms with E-state index < -0.39 is 46.3 Å². The molecule has 0 saturated carbocycles. The topological polar surface area (TPSA) is 35.2 Å². The van der Waals surface area contributed by atoms with Crippen molar-refractivity contribution in [2.24, 2.45) is 5.73 Å². The van der Waals surface area contributed by atoms with Gasteiger partial charge in [-0.25, -0.2) is 4.39 Å². The van der Waals surface area contributed by atoms with E-state index >= 15 is 0 Å². The summed E-state index contributed by atoms with van der Waals surface area (Å²) >= 11 is 5.48. The summed E-state index contributed by atoms with van der Waals surface area (Å²) < 4.78 is 92.5. The zero-order valence-electron chi connectivity index (χ0n) is 12.1. The fourth-order valence-corrected chi connectivity index (χ4v) is 2.28. The summed E-state index contributed by atoms with van der Waals surface area (Å²) in [6, 6.07) is 3.55. The average molecular weight is 388 g/mol. The van der Waals surface area contributed by atoms with Gasteiger partial charge in [0.2, 0.25) is 0 Å². The van der Waals surface area contributed by atoms with Crippen LogP contribution in [0.25, 0.3) is 0 Å². The first-order chi connectivity index (χ1) is 11.4. The first kappa shape index (κ1) is 19.3. The van der Waals surface area contributed by atoms with Crippen LogP contribution in [-0.2, 0) is 6.18 Å². The van der Waals surface area contributed by atoms with Crippen molar-refractivity contribution in [3.8, 4) is 5.75 Å². The summed E-state index contributed by atoms with van der Waals surface area (Å²) in [4.78, 5) is 0. The molecule has 0 amide bonds. The lowest BCUT2D eigenvalue weighted by molar-refractivity contribution is -0.274. The Morgan fingerprint density at radius 3 is 2.00 bits per heavy atom. The quantitative estimate of drug-likeness (QED) is 0.711. The van der Waals surface area contributed by atoms with Gasteiger partial charge in [-0.1, -0.05) is 23.7 Å². The van der Waals surface area contributed by atoms with E-state index in [0.29, 0.717) is 12.1 Å². The van der Waals surface area contributed by atoms with Gasteiger partial charge in [0.25, 0.3) is 0 Å². The monoisotopic (exact) mass is 387 g/mol. The molecule has 136 valence electrons. The largest absolute Gasteiger partial charge is 0.573 e. The number of alkyl halides is 6. The maximum Gasteiger partial charge on any atom is 0.573 e. The van der Waals surface area contributed by atoms with E-state index in [1.165, 1.54) is 0 Å². The Morgan fingerprint density at radius 2 is 1.52 bits per heavy atom. The molecule has 1 atom stereocenters. The highest BCUT2D eigenvalue weighted by molar-refractivity contribution is 6.30. The van der Waals surface area contributed by atoms with Crippen molar-refractivity contribution in [2.45, 2.75) is 18.6 Å². The third-order valence-electron chi connectivity index (χ3n) is 3.19. The molecular formula is C15H9ClF7NO. The van der Waals surface area contributed by atoms with E-state index in [-0.39, 0.29) is 5.56 Å². The zero-order chi connectivity index (χ0) is 19.0. The molecule has 0 saturated heterocycles. The molecule has 2 nitrogen and oxygen atoms in total. The molecule has 0 aliphatic rings. The van der Waals surface area contributed by atoms with Crippen molar-refractivity contribution in [3.63, 3.8) is 0 Å². The number of hydrogen-bond acceptors (Lipinski definition) is 2. The van der Waals surface area contributed by atoms with Crippen molar-refractivity contribution >= 4 is 11.6 Å². The summed E-state index contributed by atoms with van der Waals surface area (Å²) in [5, 5.41) is -0.766. The minimum atomic E-state index is -4.90. The Kier molecular flexibility index (Phi) is 5.19. The molecule has 0 fully saturated rings. The Hall–Kier alpha value is -2.00. The van der Waals surface area contributed by atoms with Crippen LogP contribution in [0.1, 0.15) is 22.7 Å². The van der Waals surface area contributed by atoms with Crippen LogP contribution < -0.4 is 10.5 Å². The highest BCUT2D eigenvalue weighted by atomic mass is 35.5. The lowest BCUT2D eigenvalue weighted by Gasteiger charge is -2.17. The van der Waals surface area contributed by atoms with E-state index in [1.807, 2.05) is 0 Å². The molecule has 0 spiro atoms. The second kappa shape index (κ2) is 6.72. The fraction of sp³-hybridized carbons (Fsp3) is 0.200. The number of nitrogens with two attached hydrogens (primary N) is 1. The molecule has 0 heterocycles. The average Bonchev–Trinajstić information content (AvgIpc) is 2.47. The fourth-order valence-electron chi connectivity index (χ4n) is 2.06. The van der Waals surface area contributed by atoms with Gasteiger partial charge in [-0.2, -0.15) is 13.2 Å². The van der Waals surface area contributed by atoms with Crippen LogP contribution in [-0.4, -0.2) is 6.36 Å². The summed E-state index contributed by atoms with van der Waals surface area (Å²) in [5.41, 5.74) is 4.09. The summed E-state index contributed by atoms with van der Waals surface area (Å²) in [5.74, 6) is -1.69. The maximum atomic E-state index is 14.1. The summed E-state index contributed by atoms with van der Waals surface area (Å²) in [7, 11) is 0. The van der Waals surface area contributed by atoms with Crippen molar-refractivity contribution in [1.82, 2.24) is 0 Å². The van der Waals surface area contributed by atoms with Gasteiger partial charge in [0.05, 0.1) is 16.6 Å². The normalized spacial score (nSPS) is 13.6. The van der Waals surface area contributed by atoms with Crippen LogP contribution in [0.5, 0.6) is 5.75 Å². The lowest BCUT2D eigenvalue weighted by atomic mass is 9.97. The van der Waals surface area contributed by atoms with Gasteiger partial charge in [-0.3, -0.25) is 0 Å². The molecule has 0 aliphatic carbocycles. The van der Waals surface area contributed by atoms with Crippen LogP contribution in [0.15, 0.2) is 36.4 Å². The van der Waals surface area contributed by atoms with Gasteiger partial charge in [-0.05, 0) is 29.8 Å². The molecule has 2 aromatic rings. The highest BCUT2D eigenvalue weighted by Crippen LogP contribution is 2.36. The van der Waals surface area contributed by atoms with E-state index in [1.54, 1.807) is 0 Å². The van der Waals surface area contributed by atoms with Crippen molar-refractivity contribution in [2.75, 3.05) is 0 Å². The van der Waals surface area contributed by atoms with Crippen molar-refractivity contribution in [3.05, 3.63) is 63.9 Å². The number of benzene rings is 2. The first-order valence-corrected chi connectivity index (χ1v) is 6.93. The highest BCUT2D eigenvalue weighted by Gasteiger charge is 2.33. The predicted octanol–water partition coefficient (Wildman–Crippen LogP) is 5.44. The molecule has 2 N–H and O–H groups in total. The van der Waals surface area contributed by atoms with Gasteiger partial charge in [0.15, 0.2) is 0 Å². The standard InChI is InChI=1S/C15H9ClF7NO/c16-11-6-8(14(18,19)20)5-10(12(11)17)13(24)7-1-3-9(4-2-7)25-15(21,22)23/h1-6,13H,24H2/t13-/m1/s1. The van der Waals surface area contributed by atoms with Crippen molar-refractivity contribution in [1.29, 1.82) is 0 Å². The Labute approximate surface area is 141 Å². The minimum Gasteiger partial charge on any atom is -0.406 e. The SMILES string of the molecule is N[C@H](c1ccc(OC(F)(F)F)cc1)c1cc(C(F)(F)F)cc(Cl)c1F. The van der Waals surface area contributed by atoms with E-state index in [0.717, 1.165) is 24.3 Å². The molecule has 0 bridgehead atoms. The summed E-state index contributed by atoms with van der Waals surface area (Å²) in [6.45, 7) is 0. The van der Waals surface area contributed by atoms with Crippen LogP contribution in [0.2, 0.25) is 5.02 Å². The molecule has 10 heteroatoms. The van der Waals surface area contributed by atoms with Crippen LogP contribution in [0.3, 0.4) is 0 Å². The molecule has 0 aliphatic heterocycles. The molecule has 0 unspecified atom stereocenters. The van der Waals surface area contributed by atoms with Crippen LogP contribution in [0, 0.1) is 5.82 Å². The van der Waals surface area contributed by atoms with Gasteiger partial charge in [0.1, 0.15) is 11.6 Å². The van der Waals surface area contributed by atoms with Gasteiger partial charge in [0, 0.05) is 5.56 Å². The van der Waals surface area contributed by atoms with Crippen LogP contribution in [0.4, 0.5) is 30.7 Å². The smallest absolute Gasteiger partial charge is 0.406 e. The van der Waals surface area contributed by atoms with Gasteiger partial charge < -0.3 is 10.5 Å². The second-order valence-corrected chi connectivity index (χ2v) is 5.36. The predicted molar refractivity (Wildman–Crippen MR) is 75.6 cm³/mol. The van der Waals surface area contributed by atoms with E-state index in [4.69, 9.17) is 17.3 Å². The molecule has 2 aromatic carbocycles. The lowest BCUT2D eigenvalue weighted by Crippen LogP contribution is -2.18. The van der Waals surface area contributed by atoms with Gasteiger partial charge >= 0.3 is 12.5 Å². The first-order valence-electron chi connectivity index (χ1n) is 6.56. The maximum absolute atomic E-state index is 14.1. The molecule has 2 rings (SSSR count). The minimum absolute atomic E-state index is 0.0730. The zero-order valence-corrected chi connectivity index (χ0v) is 12.8. The Balaban J connectivity index is 2.37. The number of hydrogen-bond donors (Lipinski definition) is 1. The molecule has 0 radical (unpaired) electrons. The second-order valence-electron chi connectivity index (χ2n) is 4.95. The third kappa shape index (κ3) is 4.76. The molecule has 0 aromatic heterocycles. The number of halogens is 8. The Bertz CT molecular complexity index is 756. The van der Waals surface area contributed by atoms with E-state index in [9.17, 15) is 30.7 Å². The number of ether oxygens (including phenoxy) is 1. The molecule has 25 heavy (non-hydrogen) atoms. The summed E-state index contributed by atoms with van der Waals surface area (Å²) in [6.07, 6.45) is -9.67. The third-order valence-corrected chi connectivity index (χ3v) is 3.47. The van der Waals surface area contributed by atoms with Crippen molar-refractivity contribution < 1.29 is 35.5 Å². The Morgan fingerprint density at radius 1 is 0.960 bits per heavy atom. The van der Waals surface area contributed by atoms with Gasteiger partial charge in [-0.15, -0.1) is 13.2 Å². The molecular weight excluding hydrogens is 379 g/mol. The van der Waals surface area contributed by atoms with Crippen LogP contribution >= 0.6 is 11.6 Å².